The molecule has 1 aliphatic rings. The summed E-state index contributed by atoms with van der Waals surface area (Å²) in [7, 11) is 1.51. The molecule has 26 heavy (non-hydrogen) atoms. The number of esters is 1. The molecule has 0 unspecified atom stereocenters. The molecular formula is C20H29NO5. The number of rotatable bonds is 7. The second-order valence-electron chi connectivity index (χ2n) is 6.54. The fourth-order valence-electron chi connectivity index (χ4n) is 3.09. The van der Waals surface area contributed by atoms with Gasteiger partial charge in [-0.1, -0.05) is 25.7 Å². The first kappa shape index (κ1) is 20.1. The van der Waals surface area contributed by atoms with Gasteiger partial charge >= 0.3 is 5.97 Å². The lowest BCUT2D eigenvalue weighted by atomic mass is 10.1. The van der Waals surface area contributed by atoms with Crippen LogP contribution in [0, 0.1) is 0 Å². The van der Waals surface area contributed by atoms with Gasteiger partial charge in [-0.15, -0.1) is 0 Å². The summed E-state index contributed by atoms with van der Waals surface area (Å²) < 4.78 is 16.0. The first-order chi connectivity index (χ1) is 12.5. The van der Waals surface area contributed by atoms with Crippen molar-refractivity contribution in [2.24, 2.45) is 0 Å². The summed E-state index contributed by atoms with van der Waals surface area (Å²) in [5.74, 6) is 0.209. The van der Waals surface area contributed by atoms with Gasteiger partial charge in [0.25, 0.3) is 5.91 Å². The molecule has 0 aliphatic heterocycles. The molecule has 0 spiro atoms. The Kier molecular flexibility index (Phi) is 7.75. The van der Waals surface area contributed by atoms with Crippen LogP contribution in [0.1, 0.15) is 62.7 Å². The largest absolute Gasteiger partial charge is 0.493 e. The first-order valence-corrected chi connectivity index (χ1v) is 9.37. The molecule has 6 heteroatoms. The highest BCUT2D eigenvalue weighted by molar-refractivity contribution is 5.92. The molecule has 1 aromatic rings. The maximum absolute atomic E-state index is 12.3. The van der Waals surface area contributed by atoms with E-state index in [0.29, 0.717) is 23.7 Å². The second kappa shape index (κ2) is 10.0. The van der Waals surface area contributed by atoms with Crippen LogP contribution < -0.4 is 14.8 Å². The van der Waals surface area contributed by atoms with E-state index in [1.165, 1.54) is 20.0 Å². The fraction of sp³-hybridized carbons (Fsp3) is 0.600. The molecule has 2 rings (SSSR count). The van der Waals surface area contributed by atoms with Gasteiger partial charge in [0.15, 0.2) is 17.6 Å². The standard InChI is InChI=1S/C20H29NO5/c1-4-25-17-12-11-15(13-18(17)24-3)20(23)26-14(2)19(22)21-16-9-7-5-6-8-10-16/h11-14,16H,4-10H2,1-3H3,(H,21,22)/t14-/m1/s1. The minimum atomic E-state index is -0.844. The molecule has 1 aliphatic carbocycles. The van der Waals surface area contributed by atoms with Gasteiger partial charge in [0.05, 0.1) is 19.3 Å². The molecule has 0 saturated heterocycles. The van der Waals surface area contributed by atoms with Gasteiger partial charge < -0.3 is 19.5 Å². The zero-order valence-corrected chi connectivity index (χ0v) is 15.9. The molecule has 1 aromatic carbocycles. The van der Waals surface area contributed by atoms with Gasteiger partial charge in [-0.05, 0) is 44.9 Å². The van der Waals surface area contributed by atoms with E-state index in [9.17, 15) is 9.59 Å². The van der Waals surface area contributed by atoms with Crippen molar-refractivity contribution in [3.8, 4) is 11.5 Å². The van der Waals surface area contributed by atoms with E-state index < -0.39 is 12.1 Å². The van der Waals surface area contributed by atoms with Crippen LogP contribution in [0.25, 0.3) is 0 Å². The fourth-order valence-corrected chi connectivity index (χ4v) is 3.09. The van der Waals surface area contributed by atoms with Crippen LogP contribution in [-0.2, 0) is 9.53 Å². The molecule has 0 bridgehead atoms. The van der Waals surface area contributed by atoms with Crippen LogP contribution in [0.3, 0.4) is 0 Å². The van der Waals surface area contributed by atoms with Crippen LogP contribution in [0.4, 0.5) is 0 Å². The number of methoxy groups -OCH3 is 1. The van der Waals surface area contributed by atoms with Crippen LogP contribution >= 0.6 is 0 Å². The minimum Gasteiger partial charge on any atom is -0.493 e. The van der Waals surface area contributed by atoms with Crippen LogP contribution in [0.2, 0.25) is 0 Å². The summed E-state index contributed by atoms with van der Waals surface area (Å²) >= 11 is 0. The Morgan fingerprint density at radius 1 is 1.15 bits per heavy atom. The lowest BCUT2D eigenvalue weighted by Gasteiger charge is -2.20. The summed E-state index contributed by atoms with van der Waals surface area (Å²) in [5.41, 5.74) is 0.319. The quantitative estimate of drug-likeness (QED) is 0.593. The summed E-state index contributed by atoms with van der Waals surface area (Å²) in [4.78, 5) is 24.7. The average molecular weight is 363 g/mol. The second-order valence-corrected chi connectivity index (χ2v) is 6.54. The molecule has 0 aromatic heterocycles. The summed E-state index contributed by atoms with van der Waals surface area (Å²) in [6.07, 6.45) is 5.83. The number of amides is 1. The number of nitrogens with one attached hydrogen (secondary N) is 1. The number of hydrogen-bond acceptors (Lipinski definition) is 5. The van der Waals surface area contributed by atoms with Crippen molar-refractivity contribution in [2.45, 2.75) is 64.5 Å². The first-order valence-electron chi connectivity index (χ1n) is 9.37. The molecule has 144 valence electrons. The van der Waals surface area contributed by atoms with Crippen molar-refractivity contribution in [2.75, 3.05) is 13.7 Å². The van der Waals surface area contributed by atoms with Gasteiger partial charge in [-0.2, -0.15) is 0 Å². The highest BCUT2D eigenvalue weighted by atomic mass is 16.5. The molecule has 1 N–H and O–H groups in total. The number of hydrogen-bond donors (Lipinski definition) is 1. The monoisotopic (exact) mass is 363 g/mol. The van der Waals surface area contributed by atoms with E-state index in [1.54, 1.807) is 25.1 Å². The van der Waals surface area contributed by atoms with Crippen LogP contribution in [0.15, 0.2) is 18.2 Å². The Balaban J connectivity index is 1.94. The highest BCUT2D eigenvalue weighted by Crippen LogP contribution is 2.28. The molecule has 0 radical (unpaired) electrons. The third kappa shape index (κ3) is 5.64. The van der Waals surface area contributed by atoms with E-state index in [0.717, 1.165) is 25.7 Å². The number of ether oxygens (including phenoxy) is 3. The van der Waals surface area contributed by atoms with E-state index >= 15 is 0 Å². The maximum atomic E-state index is 12.3. The normalized spacial score (nSPS) is 16.3. The molecule has 0 heterocycles. The Hall–Kier alpha value is -2.24. The Morgan fingerprint density at radius 2 is 1.85 bits per heavy atom. The van der Waals surface area contributed by atoms with Crippen molar-refractivity contribution in [3.05, 3.63) is 23.8 Å². The number of carbonyl (C=O) groups excluding carboxylic acids is 2. The molecule has 1 amide bonds. The van der Waals surface area contributed by atoms with Gasteiger partial charge in [-0.25, -0.2) is 4.79 Å². The minimum absolute atomic E-state index is 0.178. The van der Waals surface area contributed by atoms with Gasteiger partial charge in [-0.3, -0.25) is 4.79 Å². The number of benzene rings is 1. The van der Waals surface area contributed by atoms with Gasteiger partial charge in [0.2, 0.25) is 0 Å². The van der Waals surface area contributed by atoms with E-state index in [2.05, 4.69) is 5.32 Å². The van der Waals surface area contributed by atoms with Crippen LogP contribution in [0.5, 0.6) is 11.5 Å². The molecular weight excluding hydrogens is 334 g/mol. The maximum Gasteiger partial charge on any atom is 0.339 e. The van der Waals surface area contributed by atoms with Gasteiger partial charge in [0.1, 0.15) is 0 Å². The molecule has 1 saturated carbocycles. The average Bonchev–Trinajstić information content (AvgIpc) is 2.90. The van der Waals surface area contributed by atoms with Crippen LogP contribution in [-0.4, -0.2) is 37.7 Å². The SMILES string of the molecule is CCOc1ccc(C(=O)O[C@H](C)C(=O)NC2CCCCCC2)cc1OC. The highest BCUT2D eigenvalue weighted by Gasteiger charge is 2.23. The van der Waals surface area contributed by atoms with Crippen molar-refractivity contribution in [1.29, 1.82) is 0 Å². The Morgan fingerprint density at radius 3 is 2.46 bits per heavy atom. The number of carbonyl (C=O) groups is 2. The predicted molar refractivity (Wildman–Crippen MR) is 98.7 cm³/mol. The topological polar surface area (TPSA) is 73.9 Å². The third-order valence-electron chi connectivity index (χ3n) is 4.55. The predicted octanol–water partition coefficient (Wildman–Crippen LogP) is 3.48. The van der Waals surface area contributed by atoms with E-state index in [1.807, 2.05) is 6.92 Å². The molecule has 6 nitrogen and oxygen atoms in total. The lowest BCUT2D eigenvalue weighted by molar-refractivity contribution is -0.129. The molecule has 1 fully saturated rings. The zero-order chi connectivity index (χ0) is 18.9. The third-order valence-corrected chi connectivity index (χ3v) is 4.55. The Labute approximate surface area is 155 Å². The van der Waals surface area contributed by atoms with E-state index in [-0.39, 0.29) is 11.9 Å². The lowest BCUT2D eigenvalue weighted by Crippen LogP contribution is -2.41. The van der Waals surface area contributed by atoms with Crippen molar-refractivity contribution >= 4 is 11.9 Å². The van der Waals surface area contributed by atoms with Crippen molar-refractivity contribution < 1.29 is 23.8 Å². The smallest absolute Gasteiger partial charge is 0.339 e. The summed E-state index contributed by atoms with van der Waals surface area (Å²) in [6, 6.07) is 5.00. The summed E-state index contributed by atoms with van der Waals surface area (Å²) in [5, 5.41) is 3.00. The van der Waals surface area contributed by atoms with E-state index in [4.69, 9.17) is 14.2 Å². The zero-order valence-electron chi connectivity index (χ0n) is 15.9. The molecule has 1 atom stereocenters. The van der Waals surface area contributed by atoms with Gasteiger partial charge in [0, 0.05) is 6.04 Å². The van der Waals surface area contributed by atoms with Crippen molar-refractivity contribution in [1.82, 2.24) is 5.32 Å². The van der Waals surface area contributed by atoms with Crippen molar-refractivity contribution in [3.63, 3.8) is 0 Å². The summed E-state index contributed by atoms with van der Waals surface area (Å²) in [6.45, 7) is 3.96. The Bertz CT molecular complexity index is 608.